The van der Waals surface area contributed by atoms with Crippen molar-refractivity contribution in [2.45, 2.75) is 13.5 Å². The van der Waals surface area contributed by atoms with Gasteiger partial charge in [-0.3, -0.25) is 0 Å². The molecule has 1 aromatic carbocycles. The Hall–Kier alpha value is -1.59. The van der Waals surface area contributed by atoms with Crippen LogP contribution in [0.1, 0.15) is 10.4 Å². The van der Waals surface area contributed by atoms with Gasteiger partial charge in [-0.25, -0.2) is 0 Å². The Morgan fingerprint density at radius 3 is 2.89 bits per heavy atom. The molecule has 0 aliphatic carbocycles. The van der Waals surface area contributed by atoms with E-state index < -0.39 is 0 Å². The fourth-order valence-electron chi connectivity index (χ4n) is 1.67. The summed E-state index contributed by atoms with van der Waals surface area (Å²) >= 11 is 6.99. The predicted molar refractivity (Wildman–Crippen MR) is 85.1 cm³/mol. The Bertz CT molecular complexity index is 553. The third-order valence-corrected chi connectivity index (χ3v) is 3.73. The highest BCUT2D eigenvalue weighted by atomic mass is 32.1. The van der Waals surface area contributed by atoms with Gasteiger partial charge < -0.3 is 15.4 Å². The smallest absolute Gasteiger partial charge is 0.171 e. The van der Waals surface area contributed by atoms with E-state index in [1.807, 2.05) is 31.2 Å². The van der Waals surface area contributed by atoms with Gasteiger partial charge in [0.2, 0.25) is 0 Å². The highest BCUT2D eigenvalue weighted by molar-refractivity contribution is 7.80. The maximum Gasteiger partial charge on any atom is 0.171 e. The standard InChI is InChI=1S/C14H16N2OS2/c1-10-5-6-13(17-2)12(8-10)16-14(18)15-9-11-4-3-7-19-11/h3-8H,9H2,1-2H3,(H2,15,16,18). The van der Waals surface area contributed by atoms with Gasteiger partial charge in [-0.15, -0.1) is 11.3 Å². The number of aryl methyl sites for hydroxylation is 1. The summed E-state index contributed by atoms with van der Waals surface area (Å²) in [7, 11) is 1.65. The second kappa shape index (κ2) is 6.54. The van der Waals surface area contributed by atoms with E-state index in [2.05, 4.69) is 22.1 Å². The molecule has 0 amide bonds. The first-order valence-electron chi connectivity index (χ1n) is 5.91. The molecule has 0 radical (unpaired) electrons. The van der Waals surface area contributed by atoms with Crippen molar-refractivity contribution >= 4 is 34.4 Å². The molecule has 19 heavy (non-hydrogen) atoms. The zero-order chi connectivity index (χ0) is 13.7. The van der Waals surface area contributed by atoms with Crippen LogP contribution in [0.3, 0.4) is 0 Å². The highest BCUT2D eigenvalue weighted by Gasteiger charge is 2.05. The second-order valence-electron chi connectivity index (χ2n) is 4.09. The maximum absolute atomic E-state index is 5.30. The largest absolute Gasteiger partial charge is 0.495 e. The number of thiocarbonyl (C=S) groups is 1. The lowest BCUT2D eigenvalue weighted by atomic mass is 10.2. The Kier molecular flexibility index (Phi) is 4.76. The Morgan fingerprint density at radius 2 is 2.21 bits per heavy atom. The van der Waals surface area contributed by atoms with Crippen LogP contribution < -0.4 is 15.4 Å². The zero-order valence-electron chi connectivity index (χ0n) is 10.9. The molecule has 5 heteroatoms. The molecule has 0 bridgehead atoms. The van der Waals surface area contributed by atoms with E-state index in [0.29, 0.717) is 5.11 Å². The van der Waals surface area contributed by atoms with Crippen LogP contribution in [-0.4, -0.2) is 12.2 Å². The lowest BCUT2D eigenvalue weighted by Crippen LogP contribution is -2.27. The Balaban J connectivity index is 1.96. The minimum Gasteiger partial charge on any atom is -0.495 e. The number of benzene rings is 1. The highest BCUT2D eigenvalue weighted by Crippen LogP contribution is 2.25. The summed E-state index contributed by atoms with van der Waals surface area (Å²) < 4.78 is 5.30. The summed E-state index contributed by atoms with van der Waals surface area (Å²) in [6, 6.07) is 10.1. The molecular weight excluding hydrogens is 276 g/mol. The van der Waals surface area contributed by atoms with Crippen LogP contribution in [0.4, 0.5) is 5.69 Å². The zero-order valence-corrected chi connectivity index (χ0v) is 12.5. The number of methoxy groups -OCH3 is 1. The van der Waals surface area contributed by atoms with Crippen LogP contribution in [0.15, 0.2) is 35.7 Å². The van der Waals surface area contributed by atoms with Gasteiger partial charge in [-0.05, 0) is 48.3 Å². The fourth-order valence-corrected chi connectivity index (χ4v) is 2.49. The van der Waals surface area contributed by atoms with Crippen molar-refractivity contribution < 1.29 is 4.74 Å². The van der Waals surface area contributed by atoms with E-state index >= 15 is 0 Å². The number of ether oxygens (including phenoxy) is 1. The first-order valence-corrected chi connectivity index (χ1v) is 7.19. The summed E-state index contributed by atoms with van der Waals surface area (Å²) in [4.78, 5) is 1.25. The summed E-state index contributed by atoms with van der Waals surface area (Å²) in [5.74, 6) is 0.783. The molecule has 0 saturated heterocycles. The van der Waals surface area contributed by atoms with Crippen molar-refractivity contribution in [2.24, 2.45) is 0 Å². The van der Waals surface area contributed by atoms with Crippen LogP contribution in [0.2, 0.25) is 0 Å². The van der Waals surface area contributed by atoms with Crippen molar-refractivity contribution in [1.82, 2.24) is 5.32 Å². The van der Waals surface area contributed by atoms with Gasteiger partial charge in [0, 0.05) is 4.88 Å². The lowest BCUT2D eigenvalue weighted by molar-refractivity contribution is 0.417. The molecule has 0 aliphatic heterocycles. The minimum atomic E-state index is 0.595. The minimum absolute atomic E-state index is 0.595. The monoisotopic (exact) mass is 292 g/mol. The van der Waals surface area contributed by atoms with Crippen LogP contribution in [0.5, 0.6) is 5.75 Å². The van der Waals surface area contributed by atoms with Gasteiger partial charge in [0.25, 0.3) is 0 Å². The molecule has 1 aromatic heterocycles. The molecule has 0 aliphatic rings. The topological polar surface area (TPSA) is 33.3 Å². The van der Waals surface area contributed by atoms with Crippen molar-refractivity contribution in [3.63, 3.8) is 0 Å². The van der Waals surface area contributed by atoms with Crippen molar-refractivity contribution in [2.75, 3.05) is 12.4 Å². The van der Waals surface area contributed by atoms with Crippen molar-refractivity contribution in [3.05, 3.63) is 46.2 Å². The van der Waals surface area contributed by atoms with E-state index in [1.165, 1.54) is 4.88 Å². The number of anilines is 1. The van der Waals surface area contributed by atoms with E-state index in [4.69, 9.17) is 17.0 Å². The van der Waals surface area contributed by atoms with Crippen LogP contribution in [0, 0.1) is 6.92 Å². The lowest BCUT2D eigenvalue weighted by Gasteiger charge is -2.13. The number of nitrogens with one attached hydrogen (secondary N) is 2. The molecule has 100 valence electrons. The van der Waals surface area contributed by atoms with Gasteiger partial charge in [0.05, 0.1) is 19.3 Å². The summed E-state index contributed by atoms with van der Waals surface area (Å²) in [6.45, 7) is 2.77. The average molecular weight is 292 g/mol. The normalized spacial score (nSPS) is 10.0. The van der Waals surface area contributed by atoms with E-state index in [-0.39, 0.29) is 0 Å². The third-order valence-electron chi connectivity index (χ3n) is 2.61. The van der Waals surface area contributed by atoms with Gasteiger partial charge >= 0.3 is 0 Å². The first kappa shape index (κ1) is 13.8. The third kappa shape index (κ3) is 3.94. The van der Waals surface area contributed by atoms with Gasteiger partial charge in [0.1, 0.15) is 5.75 Å². The molecule has 2 rings (SSSR count). The summed E-state index contributed by atoms with van der Waals surface area (Å²) in [5.41, 5.74) is 2.04. The number of rotatable bonds is 4. The van der Waals surface area contributed by atoms with Gasteiger partial charge in [-0.2, -0.15) is 0 Å². The van der Waals surface area contributed by atoms with E-state index in [9.17, 15) is 0 Å². The molecule has 0 atom stereocenters. The molecule has 0 fully saturated rings. The Labute approximate surface area is 122 Å². The molecule has 0 unspecified atom stereocenters. The maximum atomic E-state index is 5.30. The van der Waals surface area contributed by atoms with Gasteiger partial charge in [-0.1, -0.05) is 12.1 Å². The molecule has 1 heterocycles. The molecule has 3 nitrogen and oxygen atoms in total. The van der Waals surface area contributed by atoms with Gasteiger partial charge in [0.15, 0.2) is 5.11 Å². The molecule has 2 aromatic rings. The SMILES string of the molecule is COc1ccc(C)cc1NC(=S)NCc1cccs1. The first-order chi connectivity index (χ1) is 9.19. The fraction of sp³-hybridized carbons (Fsp3) is 0.214. The van der Waals surface area contributed by atoms with E-state index in [1.54, 1.807) is 18.4 Å². The van der Waals surface area contributed by atoms with Crippen LogP contribution >= 0.6 is 23.6 Å². The quantitative estimate of drug-likeness (QED) is 0.844. The molecular formula is C14H16N2OS2. The summed E-state index contributed by atoms with van der Waals surface area (Å²) in [6.07, 6.45) is 0. The number of hydrogen-bond acceptors (Lipinski definition) is 3. The molecule has 0 spiro atoms. The molecule has 0 saturated carbocycles. The summed E-state index contributed by atoms with van der Waals surface area (Å²) in [5, 5.41) is 8.99. The Morgan fingerprint density at radius 1 is 1.37 bits per heavy atom. The number of hydrogen-bond donors (Lipinski definition) is 2. The van der Waals surface area contributed by atoms with Crippen LogP contribution in [-0.2, 0) is 6.54 Å². The van der Waals surface area contributed by atoms with Crippen LogP contribution in [0.25, 0.3) is 0 Å². The second-order valence-corrected chi connectivity index (χ2v) is 5.53. The predicted octanol–water partition coefficient (Wildman–Crippen LogP) is 3.55. The average Bonchev–Trinajstić information content (AvgIpc) is 2.90. The van der Waals surface area contributed by atoms with Crippen molar-refractivity contribution in [1.29, 1.82) is 0 Å². The number of thiophene rings is 1. The molecule has 2 N–H and O–H groups in total. The van der Waals surface area contributed by atoms with E-state index in [0.717, 1.165) is 23.5 Å². The van der Waals surface area contributed by atoms with Crippen molar-refractivity contribution in [3.8, 4) is 5.75 Å².